The molecule has 0 unspecified atom stereocenters. The lowest BCUT2D eigenvalue weighted by Crippen LogP contribution is -2.25. The van der Waals surface area contributed by atoms with Crippen LogP contribution in [-0.2, 0) is 6.42 Å². The predicted octanol–water partition coefficient (Wildman–Crippen LogP) is 3.13. The Balaban J connectivity index is 1.58. The Morgan fingerprint density at radius 1 is 1.29 bits per heavy atom. The van der Waals surface area contributed by atoms with Crippen molar-refractivity contribution in [2.75, 3.05) is 18.4 Å². The molecule has 3 rings (SSSR count). The number of para-hydroxylation sites is 1. The third-order valence-electron chi connectivity index (χ3n) is 3.81. The minimum Gasteiger partial charge on any atom is -0.380 e. The molecule has 0 atom stereocenters. The van der Waals surface area contributed by atoms with E-state index >= 15 is 0 Å². The number of rotatable bonds is 7. The number of amides is 1. The molecular formula is C19H20N4O. The minimum atomic E-state index is -0.121. The molecule has 24 heavy (non-hydrogen) atoms. The lowest BCUT2D eigenvalue weighted by Gasteiger charge is -2.07. The van der Waals surface area contributed by atoms with Gasteiger partial charge >= 0.3 is 0 Å². The second kappa shape index (κ2) is 7.46. The van der Waals surface area contributed by atoms with Crippen molar-refractivity contribution in [1.82, 2.24) is 15.3 Å². The maximum atomic E-state index is 12.3. The monoisotopic (exact) mass is 320 g/mol. The number of hydrogen-bond acceptors (Lipinski definition) is 3. The largest absolute Gasteiger partial charge is 0.380 e. The number of pyridine rings is 1. The van der Waals surface area contributed by atoms with E-state index in [4.69, 9.17) is 0 Å². The number of anilines is 1. The molecule has 3 aromatic rings. The summed E-state index contributed by atoms with van der Waals surface area (Å²) >= 11 is 0. The summed E-state index contributed by atoms with van der Waals surface area (Å²) in [6.45, 7) is 4.86. The van der Waals surface area contributed by atoms with E-state index in [0.29, 0.717) is 18.7 Å². The van der Waals surface area contributed by atoms with Gasteiger partial charge in [-0.3, -0.25) is 9.78 Å². The summed E-state index contributed by atoms with van der Waals surface area (Å²) in [6, 6.07) is 9.94. The number of nitrogens with one attached hydrogen (secondary N) is 3. The molecule has 122 valence electrons. The van der Waals surface area contributed by atoms with Crippen LogP contribution in [0.4, 0.5) is 5.69 Å². The highest BCUT2D eigenvalue weighted by Gasteiger charge is 2.08. The molecule has 0 fully saturated rings. The molecule has 3 N–H and O–H groups in total. The molecule has 0 saturated carbocycles. The van der Waals surface area contributed by atoms with Gasteiger partial charge in [0, 0.05) is 42.6 Å². The van der Waals surface area contributed by atoms with Gasteiger partial charge in [-0.1, -0.05) is 24.3 Å². The molecule has 0 radical (unpaired) electrons. The molecule has 0 saturated heterocycles. The van der Waals surface area contributed by atoms with Crippen LogP contribution in [0.2, 0.25) is 0 Å². The summed E-state index contributed by atoms with van der Waals surface area (Å²) in [6.07, 6.45) is 7.79. The zero-order valence-electron chi connectivity index (χ0n) is 13.4. The van der Waals surface area contributed by atoms with Crippen LogP contribution in [0.3, 0.4) is 0 Å². The second-order valence-corrected chi connectivity index (χ2v) is 5.50. The zero-order valence-corrected chi connectivity index (χ0v) is 13.4. The Morgan fingerprint density at radius 2 is 2.17 bits per heavy atom. The molecule has 0 bridgehead atoms. The SMILES string of the molecule is C=CCNc1cncc(C(=O)NCCc2c[nH]c3ccccc23)c1. The summed E-state index contributed by atoms with van der Waals surface area (Å²) in [5.74, 6) is -0.121. The Bertz CT molecular complexity index is 853. The Labute approximate surface area is 140 Å². The van der Waals surface area contributed by atoms with Crippen LogP contribution >= 0.6 is 0 Å². The van der Waals surface area contributed by atoms with Crippen molar-refractivity contribution in [3.8, 4) is 0 Å². The molecule has 0 aliphatic heterocycles. The summed E-state index contributed by atoms with van der Waals surface area (Å²) in [5.41, 5.74) is 3.66. The zero-order chi connectivity index (χ0) is 16.8. The van der Waals surface area contributed by atoms with E-state index in [1.807, 2.05) is 24.4 Å². The molecule has 0 aliphatic carbocycles. The topological polar surface area (TPSA) is 69.8 Å². The van der Waals surface area contributed by atoms with Crippen LogP contribution < -0.4 is 10.6 Å². The number of aromatic nitrogens is 2. The molecule has 0 spiro atoms. The smallest absolute Gasteiger partial charge is 0.252 e. The van der Waals surface area contributed by atoms with E-state index < -0.39 is 0 Å². The van der Waals surface area contributed by atoms with Gasteiger partial charge in [-0.2, -0.15) is 0 Å². The van der Waals surface area contributed by atoms with Gasteiger partial charge in [0.15, 0.2) is 0 Å². The number of carbonyl (C=O) groups excluding carboxylic acids is 1. The fraction of sp³-hybridized carbons (Fsp3) is 0.158. The van der Waals surface area contributed by atoms with Crippen LogP contribution in [0, 0.1) is 0 Å². The van der Waals surface area contributed by atoms with Crippen LogP contribution in [0.5, 0.6) is 0 Å². The minimum absolute atomic E-state index is 0.121. The number of carbonyl (C=O) groups is 1. The molecule has 2 aromatic heterocycles. The van der Waals surface area contributed by atoms with Gasteiger partial charge in [-0.05, 0) is 24.1 Å². The first-order valence-electron chi connectivity index (χ1n) is 7.91. The number of nitrogens with zero attached hydrogens (tertiary/aromatic N) is 1. The molecule has 1 aromatic carbocycles. The van der Waals surface area contributed by atoms with Crippen LogP contribution in [0.15, 0.2) is 61.6 Å². The molecule has 5 nitrogen and oxygen atoms in total. The van der Waals surface area contributed by atoms with E-state index in [-0.39, 0.29) is 5.91 Å². The number of fused-ring (bicyclic) bond motifs is 1. The van der Waals surface area contributed by atoms with Gasteiger partial charge in [-0.25, -0.2) is 0 Å². The first-order chi connectivity index (χ1) is 11.8. The number of H-pyrrole nitrogens is 1. The van der Waals surface area contributed by atoms with Crippen LogP contribution in [-0.4, -0.2) is 29.0 Å². The first-order valence-corrected chi connectivity index (χ1v) is 7.91. The van der Waals surface area contributed by atoms with Gasteiger partial charge in [-0.15, -0.1) is 6.58 Å². The fourth-order valence-electron chi connectivity index (χ4n) is 2.60. The van der Waals surface area contributed by atoms with Crippen LogP contribution in [0.1, 0.15) is 15.9 Å². The third kappa shape index (κ3) is 3.63. The van der Waals surface area contributed by atoms with Gasteiger partial charge in [0.1, 0.15) is 0 Å². The third-order valence-corrected chi connectivity index (χ3v) is 3.81. The first kappa shape index (κ1) is 15.8. The number of aromatic amines is 1. The normalized spacial score (nSPS) is 10.5. The Hall–Kier alpha value is -3.08. The van der Waals surface area contributed by atoms with Gasteiger partial charge in [0.25, 0.3) is 5.91 Å². The average Bonchev–Trinajstić information content (AvgIpc) is 3.03. The van der Waals surface area contributed by atoms with Crippen LogP contribution in [0.25, 0.3) is 10.9 Å². The lowest BCUT2D eigenvalue weighted by atomic mass is 10.1. The number of hydrogen-bond donors (Lipinski definition) is 3. The van der Waals surface area contributed by atoms with E-state index in [1.54, 1.807) is 24.5 Å². The second-order valence-electron chi connectivity index (χ2n) is 5.50. The van der Waals surface area contributed by atoms with E-state index in [9.17, 15) is 4.79 Å². The molecule has 1 amide bonds. The Kier molecular flexibility index (Phi) is 4.91. The fourth-order valence-corrected chi connectivity index (χ4v) is 2.60. The van der Waals surface area contributed by atoms with E-state index in [0.717, 1.165) is 17.6 Å². The molecule has 5 heteroatoms. The van der Waals surface area contributed by atoms with Crippen molar-refractivity contribution in [2.24, 2.45) is 0 Å². The molecule has 2 heterocycles. The van der Waals surface area contributed by atoms with E-state index in [2.05, 4.69) is 33.2 Å². The summed E-state index contributed by atoms with van der Waals surface area (Å²) in [5, 5.41) is 7.27. The highest BCUT2D eigenvalue weighted by atomic mass is 16.1. The molecular weight excluding hydrogens is 300 g/mol. The summed E-state index contributed by atoms with van der Waals surface area (Å²) in [4.78, 5) is 19.6. The van der Waals surface area contributed by atoms with Crippen molar-refractivity contribution in [1.29, 1.82) is 0 Å². The standard InChI is InChI=1S/C19H20N4O/c1-2-8-21-16-10-15(11-20-13-16)19(24)22-9-7-14-12-23-18-6-4-3-5-17(14)18/h2-6,10-13,21,23H,1,7-9H2,(H,22,24). The predicted molar refractivity (Wildman–Crippen MR) is 97.3 cm³/mol. The van der Waals surface area contributed by atoms with Crippen molar-refractivity contribution in [3.05, 3.63) is 72.7 Å². The lowest BCUT2D eigenvalue weighted by molar-refractivity contribution is 0.0954. The summed E-state index contributed by atoms with van der Waals surface area (Å²) < 4.78 is 0. The van der Waals surface area contributed by atoms with Crippen molar-refractivity contribution in [2.45, 2.75) is 6.42 Å². The average molecular weight is 320 g/mol. The van der Waals surface area contributed by atoms with E-state index in [1.165, 1.54) is 10.9 Å². The highest BCUT2D eigenvalue weighted by Crippen LogP contribution is 2.17. The van der Waals surface area contributed by atoms with Gasteiger partial charge < -0.3 is 15.6 Å². The van der Waals surface area contributed by atoms with Gasteiger partial charge in [0.05, 0.1) is 11.3 Å². The van der Waals surface area contributed by atoms with Crippen molar-refractivity contribution >= 4 is 22.5 Å². The number of benzene rings is 1. The highest BCUT2D eigenvalue weighted by molar-refractivity contribution is 5.94. The van der Waals surface area contributed by atoms with Gasteiger partial charge in [0.2, 0.25) is 0 Å². The maximum absolute atomic E-state index is 12.3. The van der Waals surface area contributed by atoms with Crippen molar-refractivity contribution < 1.29 is 4.79 Å². The molecule has 0 aliphatic rings. The maximum Gasteiger partial charge on any atom is 0.252 e. The quantitative estimate of drug-likeness (QED) is 0.586. The van der Waals surface area contributed by atoms with Crippen molar-refractivity contribution in [3.63, 3.8) is 0 Å². The Morgan fingerprint density at radius 3 is 3.04 bits per heavy atom. The summed E-state index contributed by atoms with van der Waals surface area (Å²) in [7, 11) is 0.